The number of thioether (sulfide) groups is 1. The van der Waals surface area contributed by atoms with Crippen molar-refractivity contribution < 1.29 is 14.1 Å². The Morgan fingerprint density at radius 2 is 1.68 bits per heavy atom. The number of carboxylic acid groups (broad SMARTS) is 1. The van der Waals surface area contributed by atoms with Crippen LogP contribution in [-0.2, 0) is 15.8 Å². The third-order valence-electron chi connectivity index (χ3n) is 4.80. The zero-order valence-corrected chi connectivity index (χ0v) is 21.1. The molecule has 0 radical (unpaired) electrons. The number of aryl methyl sites for hydroxylation is 1. The van der Waals surface area contributed by atoms with Gasteiger partial charge in [0, 0.05) is 11.5 Å². The van der Waals surface area contributed by atoms with Crippen molar-refractivity contribution in [3.8, 4) is 0 Å². The van der Waals surface area contributed by atoms with Crippen LogP contribution in [0.15, 0.2) is 64.1 Å². The summed E-state index contributed by atoms with van der Waals surface area (Å²) in [5, 5.41) is 9.47. The predicted molar refractivity (Wildman–Crippen MR) is 135 cm³/mol. The normalized spacial score (nSPS) is 14.2. The molecule has 2 N–H and O–H groups in total. The summed E-state index contributed by atoms with van der Waals surface area (Å²) in [6.07, 6.45) is 11.0. The molecule has 2 unspecified atom stereocenters. The number of hydrogen-bond acceptors (Lipinski definition) is 3. The minimum atomic E-state index is -1.54. The van der Waals surface area contributed by atoms with E-state index in [9.17, 15) is 14.1 Å². The Balaban J connectivity index is 2.41. The topological polar surface area (TPSA) is 66.4 Å². The van der Waals surface area contributed by atoms with E-state index in [-0.39, 0.29) is 0 Å². The molecule has 0 aliphatic rings. The van der Waals surface area contributed by atoms with E-state index in [1.54, 1.807) is 12.1 Å². The number of rotatable bonds is 14. The first-order valence-corrected chi connectivity index (χ1v) is 13.0. The van der Waals surface area contributed by atoms with Gasteiger partial charge in [0.2, 0.25) is 0 Å². The summed E-state index contributed by atoms with van der Waals surface area (Å²) < 4.78 is 15.3. The Morgan fingerprint density at radius 3 is 2.29 bits per heavy atom. The molecular weight excluding hydrogens is 426 g/mol. The maximum Gasteiger partial charge on any atom is 0.322 e. The molecule has 1 aromatic carbocycles. The van der Waals surface area contributed by atoms with Gasteiger partial charge in [0.05, 0.1) is 4.90 Å². The van der Waals surface area contributed by atoms with Crippen LogP contribution in [0.2, 0.25) is 0 Å². The second kappa shape index (κ2) is 15.2. The molecule has 0 saturated carbocycles. The summed E-state index contributed by atoms with van der Waals surface area (Å²) in [6, 6.07) is 6.45. The average Bonchev–Trinajstić information content (AvgIpc) is 2.70. The second-order valence-electron chi connectivity index (χ2n) is 8.04. The minimum absolute atomic E-state index is 0.361. The first-order chi connectivity index (χ1) is 14.7. The van der Waals surface area contributed by atoms with Crippen molar-refractivity contribution in [2.45, 2.75) is 71.2 Å². The van der Waals surface area contributed by atoms with Crippen LogP contribution in [0.1, 0.15) is 58.9 Å². The van der Waals surface area contributed by atoms with Crippen molar-refractivity contribution in [2.24, 2.45) is 0 Å². The lowest BCUT2D eigenvalue weighted by Crippen LogP contribution is -2.40. The second-order valence-corrected chi connectivity index (χ2v) is 10.3. The largest absolute Gasteiger partial charge is 0.480 e. The van der Waals surface area contributed by atoms with Crippen LogP contribution in [0.3, 0.4) is 0 Å². The van der Waals surface area contributed by atoms with Gasteiger partial charge in [-0.15, -0.1) is 0 Å². The Hall–Kier alpha value is -1.63. The quantitative estimate of drug-likeness (QED) is 0.254. The Morgan fingerprint density at radius 1 is 1.06 bits per heavy atom. The molecule has 2 atom stereocenters. The van der Waals surface area contributed by atoms with Crippen molar-refractivity contribution in [1.82, 2.24) is 4.72 Å². The molecule has 0 aromatic heterocycles. The van der Waals surface area contributed by atoms with Gasteiger partial charge in [0.1, 0.15) is 17.0 Å². The number of hydrogen-bond donors (Lipinski definition) is 2. The standard InChI is InChI=1S/C25H37NO3S2/c1-19(2)10-8-11-20(3)12-9-13-21(4)16-17-30-18-23(25(27)28)26-31(29)24-15-7-6-14-22(24)5/h6-7,10,12,14-16,23,26H,8-9,11,13,17-18H2,1-5H3,(H,27,28)/b20-12+,21-16+. The lowest BCUT2D eigenvalue weighted by atomic mass is 10.1. The molecule has 6 heteroatoms. The number of carbonyl (C=O) groups is 1. The van der Waals surface area contributed by atoms with Crippen LogP contribution in [0.5, 0.6) is 0 Å². The third kappa shape index (κ3) is 12.1. The highest BCUT2D eigenvalue weighted by molar-refractivity contribution is 7.99. The van der Waals surface area contributed by atoms with Gasteiger partial charge in [0.15, 0.2) is 0 Å². The maximum atomic E-state index is 12.5. The third-order valence-corrected chi connectivity index (χ3v) is 7.13. The maximum absolute atomic E-state index is 12.5. The van der Waals surface area contributed by atoms with Crippen molar-refractivity contribution >= 4 is 28.7 Å². The van der Waals surface area contributed by atoms with Gasteiger partial charge in [-0.3, -0.25) is 4.79 Å². The van der Waals surface area contributed by atoms with Gasteiger partial charge in [0.25, 0.3) is 0 Å². The van der Waals surface area contributed by atoms with Crippen molar-refractivity contribution in [2.75, 3.05) is 11.5 Å². The molecule has 0 aliphatic carbocycles. The molecule has 0 aliphatic heterocycles. The first kappa shape index (κ1) is 27.4. The fourth-order valence-corrected chi connectivity index (χ4v) is 5.08. The van der Waals surface area contributed by atoms with Gasteiger partial charge in [-0.1, -0.05) is 53.1 Å². The molecule has 0 spiro atoms. The first-order valence-electron chi connectivity index (χ1n) is 10.7. The molecule has 4 nitrogen and oxygen atoms in total. The molecule has 0 fully saturated rings. The monoisotopic (exact) mass is 463 g/mol. The van der Waals surface area contributed by atoms with Crippen LogP contribution in [0.25, 0.3) is 0 Å². The molecule has 0 heterocycles. The summed E-state index contributed by atoms with van der Waals surface area (Å²) >= 11 is 1.54. The number of benzene rings is 1. The minimum Gasteiger partial charge on any atom is -0.480 e. The van der Waals surface area contributed by atoms with Crippen LogP contribution in [0, 0.1) is 6.92 Å². The summed E-state index contributed by atoms with van der Waals surface area (Å²) in [7, 11) is -1.54. The van der Waals surface area contributed by atoms with Gasteiger partial charge in [-0.2, -0.15) is 11.8 Å². The van der Waals surface area contributed by atoms with Crippen LogP contribution < -0.4 is 4.72 Å². The van der Waals surface area contributed by atoms with Crippen LogP contribution >= 0.6 is 11.8 Å². The molecule has 31 heavy (non-hydrogen) atoms. The van der Waals surface area contributed by atoms with E-state index in [0.29, 0.717) is 10.6 Å². The molecular formula is C25H37NO3S2. The lowest BCUT2D eigenvalue weighted by molar-refractivity contribution is -0.138. The summed E-state index contributed by atoms with van der Waals surface area (Å²) in [4.78, 5) is 12.2. The molecule has 1 aromatic rings. The number of nitrogens with one attached hydrogen (secondary N) is 1. The molecule has 0 saturated heterocycles. The van der Waals surface area contributed by atoms with Crippen molar-refractivity contribution in [3.63, 3.8) is 0 Å². The molecule has 1 rings (SSSR count). The number of aliphatic carboxylic acids is 1. The number of carboxylic acids is 1. The predicted octanol–water partition coefficient (Wildman–Crippen LogP) is 6.21. The van der Waals surface area contributed by atoms with E-state index in [1.165, 1.54) is 28.5 Å². The summed E-state index contributed by atoms with van der Waals surface area (Å²) in [5.41, 5.74) is 4.98. The van der Waals surface area contributed by atoms with Gasteiger partial charge < -0.3 is 5.11 Å². The zero-order valence-electron chi connectivity index (χ0n) is 19.4. The van der Waals surface area contributed by atoms with E-state index in [4.69, 9.17) is 0 Å². The fraction of sp³-hybridized carbons (Fsp3) is 0.480. The lowest BCUT2D eigenvalue weighted by Gasteiger charge is -2.14. The Labute approximate surface area is 194 Å². The Kier molecular flexibility index (Phi) is 13.5. The van der Waals surface area contributed by atoms with Gasteiger partial charge >= 0.3 is 5.97 Å². The van der Waals surface area contributed by atoms with Gasteiger partial charge in [-0.25, -0.2) is 8.93 Å². The van der Waals surface area contributed by atoms with E-state index in [1.807, 2.05) is 19.1 Å². The van der Waals surface area contributed by atoms with Crippen molar-refractivity contribution in [1.29, 1.82) is 0 Å². The van der Waals surface area contributed by atoms with Gasteiger partial charge in [-0.05, 0) is 71.9 Å². The van der Waals surface area contributed by atoms with E-state index >= 15 is 0 Å². The SMILES string of the molecule is CC(C)=CCC/C(C)=C/CC/C(C)=C/CSCC(NS(=O)c1ccccc1C)C(=O)O. The highest BCUT2D eigenvalue weighted by atomic mass is 32.2. The molecule has 172 valence electrons. The molecule has 0 bridgehead atoms. The van der Waals surface area contributed by atoms with Crippen molar-refractivity contribution in [3.05, 3.63) is 64.8 Å². The molecule has 0 amide bonds. The van der Waals surface area contributed by atoms with E-state index in [2.05, 4.69) is 50.6 Å². The number of allylic oxidation sites excluding steroid dienone is 5. The average molecular weight is 464 g/mol. The van der Waals surface area contributed by atoms with Crippen LogP contribution in [0.4, 0.5) is 0 Å². The smallest absolute Gasteiger partial charge is 0.322 e. The highest BCUT2D eigenvalue weighted by Gasteiger charge is 2.20. The van der Waals surface area contributed by atoms with Crippen LogP contribution in [-0.4, -0.2) is 32.8 Å². The highest BCUT2D eigenvalue weighted by Crippen LogP contribution is 2.15. The summed E-state index contributed by atoms with van der Waals surface area (Å²) in [6.45, 7) is 10.4. The van der Waals surface area contributed by atoms with E-state index in [0.717, 1.165) is 37.0 Å². The summed E-state index contributed by atoms with van der Waals surface area (Å²) in [5.74, 6) is 0.126. The Bertz CT molecular complexity index is 824. The fourth-order valence-electron chi connectivity index (χ4n) is 2.84. The van der Waals surface area contributed by atoms with E-state index < -0.39 is 23.0 Å². The zero-order chi connectivity index (χ0) is 23.2.